The van der Waals surface area contributed by atoms with Crippen molar-refractivity contribution in [2.45, 2.75) is 26.4 Å². The van der Waals surface area contributed by atoms with Gasteiger partial charge in [-0.25, -0.2) is 4.99 Å². The molecular weight excluding hydrogens is 509 g/mol. The SMILES string of the molecule is CCNC(=NCc1ccc(OC)c(OC)c1)N1CCc2cc(OC)c(OC)cc2C1.I. The van der Waals surface area contributed by atoms with E-state index in [0.717, 1.165) is 49.1 Å². The molecule has 0 radical (unpaired) electrons. The van der Waals surface area contributed by atoms with Gasteiger partial charge in [-0.2, -0.15) is 0 Å². The lowest BCUT2D eigenvalue weighted by Gasteiger charge is -2.32. The molecule has 170 valence electrons. The van der Waals surface area contributed by atoms with Crippen molar-refractivity contribution < 1.29 is 18.9 Å². The Bertz CT molecular complexity index is 905. The zero-order valence-corrected chi connectivity index (χ0v) is 21.2. The highest BCUT2D eigenvalue weighted by molar-refractivity contribution is 14.0. The average molecular weight is 541 g/mol. The number of rotatable bonds is 7. The van der Waals surface area contributed by atoms with Gasteiger partial charge in [0.05, 0.1) is 35.0 Å². The average Bonchev–Trinajstić information content (AvgIpc) is 2.80. The molecule has 1 aliphatic heterocycles. The van der Waals surface area contributed by atoms with Crippen LogP contribution in [0.4, 0.5) is 0 Å². The minimum Gasteiger partial charge on any atom is -0.493 e. The molecular formula is C23H32IN3O4. The third-order valence-electron chi connectivity index (χ3n) is 5.21. The number of fused-ring (bicyclic) bond motifs is 1. The smallest absolute Gasteiger partial charge is 0.194 e. The molecule has 0 spiro atoms. The largest absolute Gasteiger partial charge is 0.493 e. The number of ether oxygens (including phenoxy) is 4. The van der Waals surface area contributed by atoms with E-state index in [-0.39, 0.29) is 24.0 Å². The second-order valence-corrected chi connectivity index (χ2v) is 7.01. The first kappa shape index (κ1) is 24.9. The highest BCUT2D eigenvalue weighted by Crippen LogP contribution is 2.33. The van der Waals surface area contributed by atoms with Crippen molar-refractivity contribution in [1.29, 1.82) is 0 Å². The summed E-state index contributed by atoms with van der Waals surface area (Å²) in [5.41, 5.74) is 3.59. The van der Waals surface area contributed by atoms with Crippen LogP contribution in [0, 0.1) is 0 Å². The standard InChI is InChI=1S/C23H31N3O4.HI/c1-6-24-23(25-14-16-7-8-19(27-2)20(11-16)28-3)26-10-9-17-12-21(29-4)22(30-5)13-18(17)15-26;/h7-8,11-13H,6,9-10,14-15H2,1-5H3,(H,24,25);1H. The summed E-state index contributed by atoms with van der Waals surface area (Å²) in [6.07, 6.45) is 0.927. The summed E-state index contributed by atoms with van der Waals surface area (Å²) < 4.78 is 21.6. The molecule has 0 amide bonds. The van der Waals surface area contributed by atoms with Gasteiger partial charge in [0, 0.05) is 19.6 Å². The zero-order valence-electron chi connectivity index (χ0n) is 18.9. The maximum atomic E-state index is 5.48. The molecule has 1 N–H and O–H groups in total. The Morgan fingerprint density at radius 3 is 2.13 bits per heavy atom. The first-order valence-electron chi connectivity index (χ1n) is 10.1. The summed E-state index contributed by atoms with van der Waals surface area (Å²) in [6.45, 7) is 5.10. The Morgan fingerprint density at radius 1 is 0.903 bits per heavy atom. The molecule has 3 rings (SSSR count). The molecule has 0 atom stereocenters. The molecule has 31 heavy (non-hydrogen) atoms. The van der Waals surface area contributed by atoms with Crippen LogP contribution in [0.5, 0.6) is 23.0 Å². The predicted octanol–water partition coefficient (Wildman–Crippen LogP) is 3.86. The normalized spacial score (nSPS) is 13.1. The van der Waals surface area contributed by atoms with E-state index >= 15 is 0 Å². The van der Waals surface area contributed by atoms with Crippen molar-refractivity contribution in [3.05, 3.63) is 47.0 Å². The van der Waals surface area contributed by atoms with Gasteiger partial charge in [0.15, 0.2) is 29.0 Å². The van der Waals surface area contributed by atoms with Crippen molar-refractivity contribution in [1.82, 2.24) is 10.2 Å². The van der Waals surface area contributed by atoms with E-state index in [4.69, 9.17) is 23.9 Å². The molecule has 0 aromatic heterocycles. The Labute approximate surface area is 201 Å². The Hall–Kier alpha value is -2.36. The van der Waals surface area contributed by atoms with Crippen LogP contribution < -0.4 is 24.3 Å². The quantitative estimate of drug-likeness (QED) is 0.327. The molecule has 7 nitrogen and oxygen atoms in total. The molecule has 1 aliphatic rings. The summed E-state index contributed by atoms with van der Waals surface area (Å²) in [5, 5.41) is 3.42. The molecule has 0 unspecified atom stereocenters. The van der Waals surface area contributed by atoms with E-state index < -0.39 is 0 Å². The second-order valence-electron chi connectivity index (χ2n) is 7.01. The minimum atomic E-state index is 0. The lowest BCUT2D eigenvalue weighted by atomic mass is 9.99. The Morgan fingerprint density at radius 2 is 1.52 bits per heavy atom. The van der Waals surface area contributed by atoms with Crippen LogP contribution in [-0.2, 0) is 19.5 Å². The van der Waals surface area contributed by atoms with Crippen LogP contribution in [-0.4, -0.2) is 52.4 Å². The zero-order chi connectivity index (χ0) is 21.5. The summed E-state index contributed by atoms with van der Waals surface area (Å²) in [5.74, 6) is 3.86. The van der Waals surface area contributed by atoms with Gasteiger partial charge >= 0.3 is 0 Å². The van der Waals surface area contributed by atoms with E-state index in [0.29, 0.717) is 18.0 Å². The van der Waals surface area contributed by atoms with Crippen molar-refractivity contribution in [3.63, 3.8) is 0 Å². The van der Waals surface area contributed by atoms with Crippen LogP contribution in [0.25, 0.3) is 0 Å². The highest BCUT2D eigenvalue weighted by atomic mass is 127. The van der Waals surface area contributed by atoms with Crippen LogP contribution >= 0.6 is 24.0 Å². The fourth-order valence-corrected chi connectivity index (χ4v) is 3.63. The van der Waals surface area contributed by atoms with E-state index in [1.54, 1.807) is 28.4 Å². The molecule has 0 bridgehead atoms. The van der Waals surface area contributed by atoms with E-state index in [1.807, 2.05) is 18.2 Å². The van der Waals surface area contributed by atoms with Gasteiger partial charge in [0.1, 0.15) is 0 Å². The number of hydrogen-bond acceptors (Lipinski definition) is 5. The summed E-state index contributed by atoms with van der Waals surface area (Å²) in [6, 6.07) is 10.0. The first-order chi connectivity index (χ1) is 14.6. The summed E-state index contributed by atoms with van der Waals surface area (Å²) >= 11 is 0. The third kappa shape index (κ3) is 5.87. The second kappa shape index (κ2) is 11.9. The van der Waals surface area contributed by atoms with Crippen LogP contribution in [0.15, 0.2) is 35.3 Å². The number of methoxy groups -OCH3 is 4. The van der Waals surface area contributed by atoms with Gasteiger partial charge in [0.2, 0.25) is 0 Å². The van der Waals surface area contributed by atoms with Crippen molar-refractivity contribution in [3.8, 4) is 23.0 Å². The van der Waals surface area contributed by atoms with Gasteiger partial charge in [-0.05, 0) is 54.3 Å². The molecule has 2 aromatic carbocycles. The van der Waals surface area contributed by atoms with Crippen LogP contribution in [0.1, 0.15) is 23.6 Å². The molecule has 1 heterocycles. The fraction of sp³-hybridized carbons (Fsp3) is 0.435. The van der Waals surface area contributed by atoms with E-state index in [9.17, 15) is 0 Å². The maximum absolute atomic E-state index is 5.48. The van der Waals surface area contributed by atoms with E-state index in [1.165, 1.54) is 11.1 Å². The highest BCUT2D eigenvalue weighted by Gasteiger charge is 2.21. The topological polar surface area (TPSA) is 64.6 Å². The van der Waals surface area contributed by atoms with Gasteiger partial charge in [-0.1, -0.05) is 6.07 Å². The number of nitrogens with zero attached hydrogens (tertiary/aromatic N) is 2. The number of hydrogen-bond donors (Lipinski definition) is 1. The van der Waals surface area contributed by atoms with Gasteiger partial charge in [-0.3, -0.25) is 0 Å². The van der Waals surface area contributed by atoms with Gasteiger partial charge in [0.25, 0.3) is 0 Å². The number of guanidine groups is 1. The number of benzene rings is 2. The van der Waals surface area contributed by atoms with Gasteiger partial charge in [-0.15, -0.1) is 24.0 Å². The lowest BCUT2D eigenvalue weighted by molar-refractivity contribution is 0.346. The monoisotopic (exact) mass is 541 g/mol. The third-order valence-corrected chi connectivity index (χ3v) is 5.21. The van der Waals surface area contributed by atoms with Crippen molar-refractivity contribution in [2.24, 2.45) is 4.99 Å². The van der Waals surface area contributed by atoms with Crippen molar-refractivity contribution in [2.75, 3.05) is 41.5 Å². The molecule has 0 saturated carbocycles. The minimum absolute atomic E-state index is 0. The predicted molar refractivity (Wildman–Crippen MR) is 133 cm³/mol. The molecule has 8 heteroatoms. The molecule has 0 aliphatic carbocycles. The maximum Gasteiger partial charge on any atom is 0.194 e. The van der Waals surface area contributed by atoms with Gasteiger partial charge < -0.3 is 29.2 Å². The van der Waals surface area contributed by atoms with E-state index in [2.05, 4.69) is 29.3 Å². The number of halogens is 1. The Balaban J connectivity index is 0.00000341. The van der Waals surface area contributed by atoms with Crippen LogP contribution in [0.3, 0.4) is 0 Å². The summed E-state index contributed by atoms with van der Waals surface area (Å²) in [4.78, 5) is 7.14. The Kier molecular flexibility index (Phi) is 9.54. The number of aliphatic imine (C=N–C) groups is 1. The fourth-order valence-electron chi connectivity index (χ4n) is 3.63. The lowest BCUT2D eigenvalue weighted by Crippen LogP contribution is -2.44. The summed E-state index contributed by atoms with van der Waals surface area (Å²) in [7, 11) is 6.62. The molecule has 0 fully saturated rings. The molecule has 2 aromatic rings. The number of nitrogens with one attached hydrogen (secondary N) is 1. The van der Waals surface area contributed by atoms with Crippen molar-refractivity contribution >= 4 is 29.9 Å². The first-order valence-corrected chi connectivity index (χ1v) is 10.1. The molecule has 0 saturated heterocycles. The van der Waals surface area contributed by atoms with Crippen LogP contribution in [0.2, 0.25) is 0 Å².